The molecule has 0 saturated carbocycles. The van der Waals surface area contributed by atoms with Gasteiger partial charge >= 0.3 is 0 Å². The molecule has 1 aromatic rings. The molecular weight excluding hydrogens is 320 g/mol. The maximum Gasteiger partial charge on any atom is 0.243 e. The minimum atomic E-state index is -0.0489. The van der Waals surface area contributed by atoms with Gasteiger partial charge in [-0.15, -0.1) is 0 Å². The molecule has 2 N–H and O–H groups in total. The van der Waals surface area contributed by atoms with Crippen LogP contribution in [0, 0.1) is 0 Å². The lowest BCUT2D eigenvalue weighted by Gasteiger charge is -2.14. The first-order chi connectivity index (χ1) is 12.0. The molecule has 25 heavy (non-hydrogen) atoms. The van der Waals surface area contributed by atoms with Crippen molar-refractivity contribution in [3.63, 3.8) is 0 Å². The number of amides is 1. The van der Waals surface area contributed by atoms with Crippen molar-refractivity contribution in [1.29, 1.82) is 0 Å². The maximum atomic E-state index is 11.7. The first-order valence-corrected chi connectivity index (χ1v) is 8.21. The summed E-state index contributed by atoms with van der Waals surface area (Å²) in [7, 11) is 3.43. The maximum absolute atomic E-state index is 11.7. The van der Waals surface area contributed by atoms with Gasteiger partial charge in [-0.25, -0.2) is 4.99 Å². The molecule has 1 aliphatic rings. The number of fused-ring (bicyclic) bond motifs is 1. The van der Waals surface area contributed by atoms with Crippen LogP contribution in [-0.2, 0) is 11.2 Å². The van der Waals surface area contributed by atoms with E-state index in [0.29, 0.717) is 19.0 Å². The first-order valence-electron chi connectivity index (χ1n) is 8.21. The zero-order chi connectivity index (χ0) is 18.2. The highest BCUT2D eigenvalue weighted by molar-refractivity contribution is 5.84. The number of hydrogen-bond acceptors (Lipinski definition) is 4. The first kappa shape index (κ1) is 18.6. The Morgan fingerprint density at radius 1 is 1.28 bits per heavy atom. The van der Waals surface area contributed by atoms with Crippen molar-refractivity contribution >= 4 is 11.9 Å². The van der Waals surface area contributed by atoms with Gasteiger partial charge in [0.05, 0.1) is 0 Å². The van der Waals surface area contributed by atoms with E-state index in [0.717, 1.165) is 29.1 Å². The number of carbonyl (C=O) groups is 1. The van der Waals surface area contributed by atoms with Crippen molar-refractivity contribution in [2.45, 2.75) is 13.3 Å². The third kappa shape index (κ3) is 6.02. The van der Waals surface area contributed by atoms with Crippen molar-refractivity contribution in [1.82, 2.24) is 15.5 Å². The van der Waals surface area contributed by atoms with Crippen LogP contribution in [0.4, 0.5) is 0 Å². The Morgan fingerprint density at radius 2 is 2.04 bits per heavy atom. The molecule has 0 unspecified atom stereocenters. The standard InChI is InChI=1S/C18H26N4O3/c1-13(2)10-20-18(21-11-17(23)22(3)4)19-8-7-14-5-6-15-16(9-14)25-12-24-15/h5-6,9H,1,7-8,10-12H2,2-4H3,(H2,19,20,21). The molecule has 2 rings (SSSR count). The van der Waals surface area contributed by atoms with E-state index in [1.54, 1.807) is 14.1 Å². The monoisotopic (exact) mass is 346 g/mol. The Hall–Kier alpha value is -2.70. The van der Waals surface area contributed by atoms with E-state index in [2.05, 4.69) is 22.2 Å². The second-order valence-corrected chi connectivity index (χ2v) is 6.13. The van der Waals surface area contributed by atoms with Crippen LogP contribution in [0.3, 0.4) is 0 Å². The number of nitrogens with zero attached hydrogens (tertiary/aromatic N) is 2. The third-order valence-electron chi connectivity index (χ3n) is 3.57. The summed E-state index contributed by atoms with van der Waals surface area (Å²) in [5.41, 5.74) is 2.13. The summed E-state index contributed by atoms with van der Waals surface area (Å²) < 4.78 is 10.7. The Morgan fingerprint density at radius 3 is 2.76 bits per heavy atom. The summed E-state index contributed by atoms with van der Waals surface area (Å²) >= 11 is 0. The van der Waals surface area contributed by atoms with Gasteiger partial charge < -0.3 is 25.0 Å². The quantitative estimate of drug-likeness (QED) is 0.440. The summed E-state index contributed by atoms with van der Waals surface area (Å²) in [6.07, 6.45) is 0.798. The molecule has 1 heterocycles. The minimum Gasteiger partial charge on any atom is -0.454 e. The fourth-order valence-corrected chi connectivity index (χ4v) is 2.12. The van der Waals surface area contributed by atoms with Crippen LogP contribution >= 0.6 is 0 Å². The van der Waals surface area contributed by atoms with Gasteiger partial charge in [-0.05, 0) is 31.0 Å². The molecule has 0 aliphatic carbocycles. The molecule has 1 aromatic carbocycles. The van der Waals surface area contributed by atoms with Gasteiger partial charge in [-0.1, -0.05) is 18.2 Å². The lowest BCUT2D eigenvalue weighted by molar-refractivity contribution is -0.127. The van der Waals surface area contributed by atoms with Gasteiger partial charge in [0.15, 0.2) is 17.5 Å². The summed E-state index contributed by atoms with van der Waals surface area (Å²) in [6.45, 7) is 7.46. The second-order valence-electron chi connectivity index (χ2n) is 6.13. The van der Waals surface area contributed by atoms with Gasteiger partial charge in [0.1, 0.15) is 6.54 Å². The Balaban J connectivity index is 1.88. The van der Waals surface area contributed by atoms with Crippen molar-refractivity contribution in [2.24, 2.45) is 4.99 Å². The van der Waals surface area contributed by atoms with Gasteiger partial charge in [0.25, 0.3) is 0 Å². The lowest BCUT2D eigenvalue weighted by atomic mass is 10.1. The van der Waals surface area contributed by atoms with E-state index in [1.165, 1.54) is 4.90 Å². The van der Waals surface area contributed by atoms with Crippen LogP contribution in [0.2, 0.25) is 0 Å². The molecule has 0 bridgehead atoms. The van der Waals surface area contributed by atoms with Gasteiger partial charge in [0, 0.05) is 27.2 Å². The molecule has 0 fully saturated rings. The average molecular weight is 346 g/mol. The zero-order valence-electron chi connectivity index (χ0n) is 15.1. The number of aliphatic imine (C=N–C) groups is 1. The highest BCUT2D eigenvalue weighted by atomic mass is 16.7. The van der Waals surface area contributed by atoms with E-state index in [9.17, 15) is 4.79 Å². The van der Waals surface area contributed by atoms with Crippen molar-refractivity contribution in [2.75, 3.05) is 40.5 Å². The molecule has 7 nitrogen and oxygen atoms in total. The molecular formula is C18H26N4O3. The predicted octanol–water partition coefficient (Wildman–Crippen LogP) is 1.16. The number of guanidine groups is 1. The highest BCUT2D eigenvalue weighted by Gasteiger charge is 2.13. The van der Waals surface area contributed by atoms with E-state index in [4.69, 9.17) is 9.47 Å². The smallest absolute Gasteiger partial charge is 0.243 e. The lowest BCUT2D eigenvalue weighted by Crippen LogP contribution is -2.40. The largest absolute Gasteiger partial charge is 0.454 e. The number of rotatable bonds is 7. The molecule has 0 spiro atoms. The Bertz CT molecular complexity index is 656. The van der Waals surface area contributed by atoms with Crippen molar-refractivity contribution < 1.29 is 14.3 Å². The van der Waals surface area contributed by atoms with Crippen LogP contribution in [0.5, 0.6) is 11.5 Å². The number of nitrogens with one attached hydrogen (secondary N) is 2. The molecule has 136 valence electrons. The summed E-state index contributed by atoms with van der Waals surface area (Å²) in [5, 5.41) is 6.41. The summed E-state index contributed by atoms with van der Waals surface area (Å²) in [5.74, 6) is 2.11. The van der Waals surface area contributed by atoms with E-state index in [1.807, 2.05) is 25.1 Å². The summed E-state index contributed by atoms with van der Waals surface area (Å²) in [4.78, 5) is 17.6. The van der Waals surface area contributed by atoms with E-state index >= 15 is 0 Å². The molecule has 0 radical (unpaired) electrons. The fourth-order valence-electron chi connectivity index (χ4n) is 2.12. The molecule has 1 amide bonds. The van der Waals surface area contributed by atoms with Gasteiger partial charge in [-0.3, -0.25) is 4.79 Å². The van der Waals surface area contributed by atoms with Gasteiger partial charge in [0.2, 0.25) is 12.7 Å². The molecule has 0 aromatic heterocycles. The topological polar surface area (TPSA) is 75.2 Å². The number of likely N-dealkylation sites (N-methyl/N-ethyl adjacent to an activating group) is 1. The van der Waals surface area contributed by atoms with Crippen LogP contribution in [0.15, 0.2) is 35.3 Å². The number of hydrogen-bond donors (Lipinski definition) is 2. The Labute approximate surface area is 148 Å². The Kier molecular flexibility index (Phi) is 6.68. The second kappa shape index (κ2) is 8.96. The van der Waals surface area contributed by atoms with Crippen LogP contribution in [0.1, 0.15) is 12.5 Å². The fraction of sp³-hybridized carbons (Fsp3) is 0.444. The van der Waals surface area contributed by atoms with Crippen LogP contribution in [-0.4, -0.2) is 57.3 Å². The highest BCUT2D eigenvalue weighted by Crippen LogP contribution is 2.32. The minimum absolute atomic E-state index is 0.0489. The molecule has 0 atom stereocenters. The number of carbonyl (C=O) groups excluding carboxylic acids is 1. The summed E-state index contributed by atoms with van der Waals surface area (Å²) in [6, 6.07) is 5.92. The van der Waals surface area contributed by atoms with E-state index < -0.39 is 0 Å². The normalized spacial score (nSPS) is 12.7. The molecule has 1 aliphatic heterocycles. The third-order valence-corrected chi connectivity index (χ3v) is 3.57. The van der Waals surface area contributed by atoms with E-state index in [-0.39, 0.29) is 19.2 Å². The van der Waals surface area contributed by atoms with Crippen LogP contribution < -0.4 is 20.1 Å². The van der Waals surface area contributed by atoms with Crippen molar-refractivity contribution in [3.8, 4) is 11.5 Å². The number of ether oxygens (including phenoxy) is 2. The zero-order valence-corrected chi connectivity index (χ0v) is 15.1. The van der Waals surface area contributed by atoms with Gasteiger partial charge in [-0.2, -0.15) is 0 Å². The predicted molar refractivity (Wildman–Crippen MR) is 98.1 cm³/mol. The number of benzene rings is 1. The molecule has 7 heteroatoms. The van der Waals surface area contributed by atoms with Crippen molar-refractivity contribution in [3.05, 3.63) is 35.9 Å². The molecule has 0 saturated heterocycles. The average Bonchev–Trinajstić information content (AvgIpc) is 3.03. The SMILES string of the molecule is C=C(C)CNC(=NCC(=O)N(C)C)NCCc1ccc2c(c1)OCO2. The van der Waals surface area contributed by atoms with Crippen LogP contribution in [0.25, 0.3) is 0 Å².